The van der Waals surface area contributed by atoms with Gasteiger partial charge in [0.1, 0.15) is 0 Å². The zero-order chi connectivity index (χ0) is 29.6. The molecule has 0 rings (SSSR count). The van der Waals surface area contributed by atoms with Crippen molar-refractivity contribution in [3.63, 3.8) is 0 Å². The summed E-state index contributed by atoms with van der Waals surface area (Å²) in [5.74, 6) is 1.53. The fraction of sp³-hybridized carbons (Fsp3) is 0.971. The van der Waals surface area contributed by atoms with Crippen LogP contribution in [0.25, 0.3) is 0 Å². The third-order valence-electron chi connectivity index (χ3n) is 8.72. The monoisotopic (exact) mass is 569 g/mol. The Morgan fingerprint density at radius 3 is 1.51 bits per heavy atom. The topological polar surface area (TPSA) is 23.6 Å². The number of hydrogen-bond acceptors (Lipinski definition) is 3. The molecule has 2 unspecified atom stereocenters. The van der Waals surface area contributed by atoms with Crippen molar-refractivity contribution in [2.45, 2.75) is 169 Å². The molecule has 0 saturated heterocycles. The molecule has 0 aliphatic carbocycles. The summed E-state index contributed by atoms with van der Waals surface area (Å²) in [6, 6.07) is 0. The van der Waals surface area contributed by atoms with Gasteiger partial charge in [0.15, 0.2) is 0 Å². The lowest BCUT2D eigenvalue weighted by molar-refractivity contribution is -0.131. The van der Waals surface area contributed by atoms with Crippen LogP contribution < -0.4 is 0 Å². The number of carbonyl (C=O) groups is 1. The number of amides is 1. The van der Waals surface area contributed by atoms with E-state index in [-0.39, 0.29) is 5.41 Å². The van der Waals surface area contributed by atoms with Crippen molar-refractivity contribution < 1.29 is 4.79 Å². The molecule has 0 N–H and O–H groups in total. The first kappa shape index (κ1) is 38.8. The van der Waals surface area contributed by atoms with E-state index in [0.717, 1.165) is 13.1 Å². The molecule has 0 saturated carbocycles. The lowest BCUT2D eigenvalue weighted by Crippen LogP contribution is -2.40. The van der Waals surface area contributed by atoms with Crippen molar-refractivity contribution in [3.05, 3.63) is 0 Å². The van der Waals surface area contributed by atoms with E-state index in [0.29, 0.717) is 23.0 Å². The molecule has 0 spiro atoms. The van der Waals surface area contributed by atoms with Gasteiger partial charge < -0.3 is 9.80 Å². The Bertz CT molecular complexity index is 569. The van der Waals surface area contributed by atoms with Crippen LogP contribution in [0.3, 0.4) is 0 Å². The van der Waals surface area contributed by atoms with Gasteiger partial charge in [0, 0.05) is 31.8 Å². The molecular formula is C35H72N2OS. The third-order valence-corrected chi connectivity index (χ3v) is 10.4. The van der Waals surface area contributed by atoms with Crippen LogP contribution in [0, 0.1) is 10.8 Å². The fourth-order valence-electron chi connectivity index (χ4n) is 6.01. The summed E-state index contributed by atoms with van der Waals surface area (Å²) in [5, 5.41) is 0.368. The molecule has 0 aromatic rings. The summed E-state index contributed by atoms with van der Waals surface area (Å²) in [6.07, 6.45) is 24.3. The summed E-state index contributed by atoms with van der Waals surface area (Å²) in [6.45, 7) is 16.0. The van der Waals surface area contributed by atoms with Gasteiger partial charge in [-0.2, -0.15) is 11.8 Å². The molecule has 3 nitrogen and oxygen atoms in total. The molecule has 234 valence electrons. The van der Waals surface area contributed by atoms with Gasteiger partial charge in [-0.1, -0.05) is 131 Å². The molecule has 0 bridgehead atoms. The second kappa shape index (κ2) is 23.4. The van der Waals surface area contributed by atoms with Crippen LogP contribution in [-0.2, 0) is 4.79 Å². The lowest BCUT2D eigenvalue weighted by Gasteiger charge is -2.35. The normalized spacial score (nSPS) is 14.5. The highest BCUT2D eigenvalue weighted by Crippen LogP contribution is 2.37. The maximum atomic E-state index is 13.6. The van der Waals surface area contributed by atoms with Crippen LogP contribution in [-0.4, -0.2) is 60.9 Å². The van der Waals surface area contributed by atoms with E-state index in [4.69, 9.17) is 0 Å². The third kappa shape index (κ3) is 20.3. The van der Waals surface area contributed by atoms with E-state index in [9.17, 15) is 4.79 Å². The molecule has 0 aromatic carbocycles. The molecule has 39 heavy (non-hydrogen) atoms. The SMILES string of the molecule is CCCCCCC(C)(CCCCCC)CSC(CC(=O)N(C)CC(C)(CCCC)CCCCCC)CN(C)C. The quantitative estimate of drug-likeness (QED) is 0.0921. The largest absolute Gasteiger partial charge is 0.345 e. The second-order valence-corrected chi connectivity index (χ2v) is 15.1. The molecule has 0 aliphatic rings. The average molecular weight is 569 g/mol. The molecule has 0 radical (unpaired) electrons. The lowest BCUT2D eigenvalue weighted by atomic mass is 9.79. The molecule has 0 aromatic heterocycles. The Hall–Kier alpha value is -0.220. The molecule has 0 fully saturated rings. The highest BCUT2D eigenvalue weighted by Gasteiger charge is 2.30. The first-order chi connectivity index (χ1) is 18.5. The van der Waals surface area contributed by atoms with Crippen molar-refractivity contribution in [1.29, 1.82) is 0 Å². The van der Waals surface area contributed by atoms with Crippen molar-refractivity contribution in [3.8, 4) is 0 Å². The van der Waals surface area contributed by atoms with Gasteiger partial charge >= 0.3 is 0 Å². The van der Waals surface area contributed by atoms with Crippen molar-refractivity contribution in [1.82, 2.24) is 9.80 Å². The van der Waals surface area contributed by atoms with Gasteiger partial charge in [-0.3, -0.25) is 4.79 Å². The molecule has 2 atom stereocenters. The van der Waals surface area contributed by atoms with Gasteiger partial charge in [0.2, 0.25) is 5.91 Å². The first-order valence-corrected chi connectivity index (χ1v) is 18.1. The number of thioether (sulfide) groups is 1. The Kier molecular flexibility index (Phi) is 23.2. The predicted molar refractivity (Wildman–Crippen MR) is 179 cm³/mol. The van der Waals surface area contributed by atoms with Gasteiger partial charge in [-0.15, -0.1) is 0 Å². The summed E-state index contributed by atoms with van der Waals surface area (Å²) >= 11 is 2.09. The number of carbonyl (C=O) groups excluding carboxylic acids is 1. The summed E-state index contributed by atoms with van der Waals surface area (Å²) in [4.78, 5) is 17.9. The van der Waals surface area contributed by atoms with Crippen LogP contribution in [0.1, 0.15) is 164 Å². The van der Waals surface area contributed by atoms with Crippen LogP contribution in [0.4, 0.5) is 0 Å². The van der Waals surface area contributed by atoms with Crippen LogP contribution in [0.5, 0.6) is 0 Å². The van der Waals surface area contributed by atoms with Gasteiger partial charge in [0.05, 0.1) is 0 Å². The summed E-state index contributed by atoms with van der Waals surface area (Å²) in [5.41, 5.74) is 0.636. The maximum Gasteiger partial charge on any atom is 0.223 e. The van der Waals surface area contributed by atoms with Gasteiger partial charge in [-0.05, 0) is 56.4 Å². The standard InChI is InChI=1S/C35H72N2OS/c1-10-14-18-21-25-34(5,24-17-13-4)30-37(9)33(38)28-32(29-36(7)8)39-31-35(6,26-22-19-15-11-2)27-23-20-16-12-3/h32H,10-31H2,1-9H3. The van der Waals surface area contributed by atoms with E-state index in [1.165, 1.54) is 121 Å². The Morgan fingerprint density at radius 2 is 1.08 bits per heavy atom. The average Bonchev–Trinajstić information content (AvgIpc) is 2.89. The minimum absolute atomic E-state index is 0.244. The number of nitrogens with zero attached hydrogens (tertiary/aromatic N) is 2. The molecule has 1 amide bonds. The van der Waals surface area contributed by atoms with Crippen LogP contribution >= 0.6 is 11.8 Å². The molecule has 4 heteroatoms. The minimum Gasteiger partial charge on any atom is -0.345 e. The summed E-state index contributed by atoms with van der Waals surface area (Å²) < 4.78 is 0. The highest BCUT2D eigenvalue weighted by atomic mass is 32.2. The van der Waals surface area contributed by atoms with E-state index in [2.05, 4.69) is 84.2 Å². The molecule has 0 aliphatic heterocycles. The van der Waals surface area contributed by atoms with Crippen LogP contribution in [0.2, 0.25) is 0 Å². The van der Waals surface area contributed by atoms with Gasteiger partial charge in [-0.25, -0.2) is 0 Å². The number of rotatable bonds is 27. The molecular weight excluding hydrogens is 496 g/mol. The van der Waals surface area contributed by atoms with Crippen molar-refractivity contribution >= 4 is 17.7 Å². The molecule has 0 heterocycles. The number of unbranched alkanes of at least 4 members (excludes halogenated alkanes) is 10. The fourth-order valence-corrected chi connectivity index (χ4v) is 7.60. The first-order valence-electron chi connectivity index (χ1n) is 17.0. The van der Waals surface area contributed by atoms with E-state index in [1.54, 1.807) is 0 Å². The minimum atomic E-state index is 0.244. The van der Waals surface area contributed by atoms with Crippen molar-refractivity contribution in [2.24, 2.45) is 10.8 Å². The zero-order valence-electron chi connectivity index (χ0n) is 28.3. The van der Waals surface area contributed by atoms with Crippen molar-refractivity contribution in [2.75, 3.05) is 40.0 Å². The zero-order valence-corrected chi connectivity index (χ0v) is 29.2. The highest BCUT2D eigenvalue weighted by molar-refractivity contribution is 8.00. The smallest absolute Gasteiger partial charge is 0.223 e. The second-order valence-electron chi connectivity index (χ2n) is 13.8. The number of hydrogen-bond donors (Lipinski definition) is 0. The van der Waals surface area contributed by atoms with E-state index in [1.807, 2.05) is 0 Å². The Labute approximate surface area is 251 Å². The van der Waals surface area contributed by atoms with E-state index < -0.39 is 0 Å². The predicted octanol–water partition coefficient (Wildman–Crippen LogP) is 10.6. The Morgan fingerprint density at radius 1 is 0.641 bits per heavy atom. The van der Waals surface area contributed by atoms with Crippen LogP contribution in [0.15, 0.2) is 0 Å². The maximum absolute atomic E-state index is 13.6. The summed E-state index contributed by atoms with van der Waals surface area (Å²) in [7, 11) is 6.39. The van der Waals surface area contributed by atoms with Gasteiger partial charge in [0.25, 0.3) is 0 Å². The van der Waals surface area contributed by atoms with E-state index >= 15 is 0 Å². The Balaban J connectivity index is 5.23.